The molecule has 4 rings (SSSR count). The van der Waals surface area contributed by atoms with Gasteiger partial charge in [-0.1, -0.05) is 0 Å². The highest BCUT2D eigenvalue weighted by atomic mass is 32.1. The van der Waals surface area contributed by atoms with Crippen LogP contribution in [0.3, 0.4) is 0 Å². The maximum Gasteiger partial charge on any atom is 0.222 e. The van der Waals surface area contributed by atoms with E-state index in [9.17, 15) is 0 Å². The second-order valence-electron chi connectivity index (χ2n) is 5.75. The molecule has 8 heteroatoms. The number of hydrogen-bond acceptors (Lipinski definition) is 8. The number of ether oxygens (including phenoxy) is 1. The van der Waals surface area contributed by atoms with Gasteiger partial charge in [-0.2, -0.15) is 21.6 Å². The minimum Gasteiger partial charge on any atom is -0.457 e. The van der Waals surface area contributed by atoms with Crippen molar-refractivity contribution in [3.63, 3.8) is 0 Å². The summed E-state index contributed by atoms with van der Waals surface area (Å²) in [5.74, 6) is 2.00. The third-order valence-corrected chi connectivity index (χ3v) is 4.45. The quantitative estimate of drug-likeness (QED) is 0.516. The van der Waals surface area contributed by atoms with Crippen LogP contribution in [0.15, 0.2) is 65.5 Å². The predicted octanol–water partition coefficient (Wildman–Crippen LogP) is 4.59. The van der Waals surface area contributed by atoms with Crippen LogP contribution in [0.4, 0.5) is 17.5 Å². The molecule has 0 bridgehead atoms. The van der Waals surface area contributed by atoms with E-state index >= 15 is 0 Å². The molecule has 4 aromatic rings. The Kier molecular flexibility index (Phi) is 4.82. The van der Waals surface area contributed by atoms with Gasteiger partial charge in [0.05, 0.1) is 5.69 Å². The van der Waals surface area contributed by atoms with Crippen LogP contribution in [0.1, 0.15) is 5.69 Å². The van der Waals surface area contributed by atoms with E-state index in [4.69, 9.17) is 15.7 Å². The number of hydrogen-bond donors (Lipinski definition) is 2. The summed E-state index contributed by atoms with van der Waals surface area (Å²) < 4.78 is 5.75. The zero-order valence-corrected chi connectivity index (χ0v) is 15.4. The molecule has 0 saturated carbocycles. The second-order valence-corrected chi connectivity index (χ2v) is 6.53. The fraction of sp³-hybridized carbons (Fsp3) is 0. The first kappa shape index (κ1) is 17.5. The van der Waals surface area contributed by atoms with Crippen LogP contribution in [0.2, 0.25) is 0 Å². The van der Waals surface area contributed by atoms with Gasteiger partial charge < -0.3 is 15.8 Å². The van der Waals surface area contributed by atoms with Gasteiger partial charge in [-0.25, -0.2) is 9.97 Å². The number of nitrogens with two attached hydrogens (primary N) is 1. The van der Waals surface area contributed by atoms with Crippen LogP contribution in [0.25, 0.3) is 11.3 Å². The summed E-state index contributed by atoms with van der Waals surface area (Å²) in [5.41, 5.74) is 8.74. The minimum atomic E-state index is 0.206. The molecule has 3 heterocycles. The molecule has 3 aromatic heterocycles. The first-order valence-electron chi connectivity index (χ1n) is 8.28. The summed E-state index contributed by atoms with van der Waals surface area (Å²) in [5, 5.41) is 16.1. The van der Waals surface area contributed by atoms with Crippen molar-refractivity contribution in [1.82, 2.24) is 15.0 Å². The zero-order valence-electron chi connectivity index (χ0n) is 14.5. The Labute approximate surface area is 165 Å². The summed E-state index contributed by atoms with van der Waals surface area (Å²) >= 11 is 1.60. The number of nitriles is 1. The van der Waals surface area contributed by atoms with Crippen molar-refractivity contribution in [2.24, 2.45) is 0 Å². The van der Waals surface area contributed by atoms with Gasteiger partial charge in [0.25, 0.3) is 0 Å². The summed E-state index contributed by atoms with van der Waals surface area (Å²) in [6.07, 6.45) is 1.54. The molecule has 0 aliphatic heterocycles. The van der Waals surface area contributed by atoms with Gasteiger partial charge in [-0.15, -0.1) is 0 Å². The van der Waals surface area contributed by atoms with Crippen molar-refractivity contribution in [3.8, 4) is 28.8 Å². The smallest absolute Gasteiger partial charge is 0.222 e. The number of nitrogens with zero attached hydrogens (tertiary/aromatic N) is 4. The molecule has 3 N–H and O–H groups in total. The molecule has 0 amide bonds. The summed E-state index contributed by atoms with van der Waals surface area (Å²) in [4.78, 5) is 12.4. The largest absolute Gasteiger partial charge is 0.457 e. The average molecular weight is 386 g/mol. The lowest BCUT2D eigenvalue weighted by atomic mass is 10.2. The Morgan fingerprint density at radius 2 is 1.89 bits per heavy atom. The standard InChI is InChI=1S/C20H14N6OS/c21-11-15-9-17(5-7-23-15)27-16-3-1-14(2-4-16)24-19-10-18(25-20(22)26-19)13-6-8-28-12-13/h1-10,12H,(H3,22,24,25,26). The monoisotopic (exact) mass is 386 g/mol. The zero-order chi connectivity index (χ0) is 19.3. The van der Waals surface area contributed by atoms with Gasteiger partial charge in [0.1, 0.15) is 29.1 Å². The third-order valence-electron chi connectivity index (χ3n) is 3.77. The number of nitrogens with one attached hydrogen (secondary N) is 1. The van der Waals surface area contributed by atoms with E-state index in [-0.39, 0.29) is 5.95 Å². The first-order valence-corrected chi connectivity index (χ1v) is 9.22. The Balaban J connectivity index is 1.50. The van der Waals surface area contributed by atoms with Crippen LogP contribution in [0, 0.1) is 11.3 Å². The van der Waals surface area contributed by atoms with E-state index in [0.717, 1.165) is 16.9 Å². The van der Waals surface area contributed by atoms with E-state index in [1.165, 1.54) is 6.20 Å². The molecule has 0 unspecified atom stereocenters. The Hall–Kier alpha value is -3.96. The van der Waals surface area contributed by atoms with Crippen molar-refractivity contribution in [2.45, 2.75) is 0 Å². The van der Waals surface area contributed by atoms with E-state index in [0.29, 0.717) is 23.0 Å². The van der Waals surface area contributed by atoms with Crippen LogP contribution in [0.5, 0.6) is 11.5 Å². The van der Waals surface area contributed by atoms with Gasteiger partial charge >= 0.3 is 0 Å². The highest BCUT2D eigenvalue weighted by Gasteiger charge is 2.06. The number of pyridine rings is 1. The molecule has 0 fully saturated rings. The topological polar surface area (TPSA) is 110 Å². The van der Waals surface area contributed by atoms with Crippen LogP contribution < -0.4 is 15.8 Å². The number of anilines is 3. The van der Waals surface area contributed by atoms with Crippen molar-refractivity contribution in [2.75, 3.05) is 11.1 Å². The van der Waals surface area contributed by atoms with Gasteiger partial charge in [-0.3, -0.25) is 0 Å². The molecule has 1 aromatic carbocycles. The number of benzene rings is 1. The molecule has 0 spiro atoms. The van der Waals surface area contributed by atoms with Gasteiger partial charge in [0.2, 0.25) is 5.95 Å². The summed E-state index contributed by atoms with van der Waals surface area (Å²) in [6.45, 7) is 0. The lowest BCUT2D eigenvalue weighted by Gasteiger charge is -2.10. The van der Waals surface area contributed by atoms with Crippen molar-refractivity contribution >= 4 is 28.8 Å². The number of rotatable bonds is 5. The molecule has 7 nitrogen and oxygen atoms in total. The number of thiophene rings is 1. The summed E-state index contributed by atoms with van der Waals surface area (Å²) in [6, 6.07) is 16.5. The maximum absolute atomic E-state index is 8.91. The highest BCUT2D eigenvalue weighted by Crippen LogP contribution is 2.27. The molecule has 136 valence electrons. The highest BCUT2D eigenvalue weighted by molar-refractivity contribution is 7.08. The van der Waals surface area contributed by atoms with Gasteiger partial charge in [-0.05, 0) is 41.8 Å². The molecule has 0 aliphatic rings. The average Bonchev–Trinajstić information content (AvgIpc) is 3.24. The first-order chi connectivity index (χ1) is 13.7. The van der Waals surface area contributed by atoms with E-state index in [2.05, 4.69) is 20.3 Å². The Morgan fingerprint density at radius 3 is 2.64 bits per heavy atom. The van der Waals surface area contributed by atoms with Crippen LogP contribution in [-0.2, 0) is 0 Å². The van der Waals surface area contributed by atoms with E-state index in [1.54, 1.807) is 23.5 Å². The molecular weight excluding hydrogens is 372 g/mol. The third kappa shape index (κ3) is 4.06. The van der Waals surface area contributed by atoms with E-state index < -0.39 is 0 Å². The van der Waals surface area contributed by atoms with Crippen LogP contribution in [-0.4, -0.2) is 15.0 Å². The Bertz CT molecular complexity index is 1140. The fourth-order valence-corrected chi connectivity index (χ4v) is 3.16. The Morgan fingerprint density at radius 1 is 1.04 bits per heavy atom. The summed E-state index contributed by atoms with van der Waals surface area (Å²) in [7, 11) is 0. The maximum atomic E-state index is 8.91. The van der Waals surface area contributed by atoms with Crippen LogP contribution >= 0.6 is 11.3 Å². The van der Waals surface area contributed by atoms with Crippen molar-refractivity contribution in [3.05, 3.63) is 71.2 Å². The lowest BCUT2D eigenvalue weighted by molar-refractivity contribution is 0.482. The molecule has 0 radical (unpaired) electrons. The molecule has 0 atom stereocenters. The van der Waals surface area contributed by atoms with Gasteiger partial charge in [0, 0.05) is 35.0 Å². The normalized spacial score (nSPS) is 10.2. The molecule has 28 heavy (non-hydrogen) atoms. The SMILES string of the molecule is N#Cc1cc(Oc2ccc(Nc3cc(-c4ccsc4)nc(N)n3)cc2)ccn1. The lowest BCUT2D eigenvalue weighted by Crippen LogP contribution is -2.01. The predicted molar refractivity (Wildman–Crippen MR) is 109 cm³/mol. The second kappa shape index (κ2) is 7.73. The molecule has 0 aliphatic carbocycles. The van der Waals surface area contributed by atoms with Crippen molar-refractivity contribution < 1.29 is 4.74 Å². The van der Waals surface area contributed by atoms with E-state index in [1.807, 2.05) is 53.2 Å². The molecular formula is C20H14N6OS. The van der Waals surface area contributed by atoms with Crippen molar-refractivity contribution in [1.29, 1.82) is 5.26 Å². The van der Waals surface area contributed by atoms with Gasteiger partial charge in [0.15, 0.2) is 0 Å². The number of nitrogen functional groups attached to an aromatic ring is 1. The number of aromatic nitrogens is 3. The fourth-order valence-electron chi connectivity index (χ4n) is 2.51. The molecule has 0 saturated heterocycles. The minimum absolute atomic E-state index is 0.206.